The third-order valence-corrected chi connectivity index (χ3v) is 2.66. The van der Waals surface area contributed by atoms with Gasteiger partial charge < -0.3 is 18.8 Å². The Hall–Kier alpha value is -0.0951. The van der Waals surface area contributed by atoms with Crippen molar-refractivity contribution in [3.8, 4) is 0 Å². The molecule has 14 heavy (non-hydrogen) atoms. The highest BCUT2D eigenvalue weighted by Crippen LogP contribution is 2.25. The van der Waals surface area contributed by atoms with E-state index in [1.165, 1.54) is 0 Å². The summed E-state index contributed by atoms with van der Waals surface area (Å²) in [5.41, 5.74) is 0. The quantitative estimate of drug-likeness (QED) is 0.636. The fourth-order valence-corrected chi connectivity index (χ4v) is 1.86. The molecule has 0 saturated carbocycles. The average molecular weight is 200 g/mol. The van der Waals surface area contributed by atoms with Crippen molar-refractivity contribution < 1.29 is 18.8 Å². The van der Waals surface area contributed by atoms with E-state index in [9.17, 15) is 0 Å². The van der Waals surface area contributed by atoms with Gasteiger partial charge in [0.05, 0.1) is 26.4 Å². The highest BCUT2D eigenvalue weighted by Gasteiger charge is 2.31. The Bertz CT molecular complexity index is 176. The fraction of sp³-hybridized carbons (Fsp3) is 1.00. The van der Waals surface area contributed by atoms with E-state index >= 15 is 0 Å². The maximum absolute atomic E-state index is 5.50. The molecule has 4 nitrogen and oxygen atoms in total. The lowest BCUT2D eigenvalue weighted by Crippen LogP contribution is -2.26. The van der Waals surface area contributed by atoms with Crippen LogP contribution in [0, 0.1) is 0 Å². The third-order valence-electron chi connectivity index (χ3n) is 2.66. The standard InChI is InChI=1S/C9H17BO4/c1-9(11-5-6-12-9)3-2-4-10-13-7-8-14-10/h2-8H2,1H3. The highest BCUT2D eigenvalue weighted by molar-refractivity contribution is 6.44. The van der Waals surface area contributed by atoms with Gasteiger partial charge >= 0.3 is 7.12 Å². The third kappa shape index (κ3) is 2.70. The van der Waals surface area contributed by atoms with E-state index in [0.29, 0.717) is 13.2 Å². The molecular formula is C9H17BO4. The van der Waals surface area contributed by atoms with Crippen LogP contribution in [-0.2, 0) is 18.8 Å². The van der Waals surface area contributed by atoms with Gasteiger partial charge in [0.15, 0.2) is 5.79 Å². The SMILES string of the molecule is CC1(CCCB2OCCO2)OCCO1. The van der Waals surface area contributed by atoms with Gasteiger partial charge in [-0.3, -0.25) is 0 Å². The average Bonchev–Trinajstić information content (AvgIpc) is 2.77. The molecule has 0 atom stereocenters. The van der Waals surface area contributed by atoms with Crippen LogP contribution in [0.15, 0.2) is 0 Å². The predicted octanol–water partition coefficient (Wildman–Crippen LogP) is 1.06. The molecule has 0 aromatic heterocycles. The summed E-state index contributed by atoms with van der Waals surface area (Å²) in [5, 5.41) is 0. The van der Waals surface area contributed by atoms with Crippen LogP contribution in [0.25, 0.3) is 0 Å². The summed E-state index contributed by atoms with van der Waals surface area (Å²) >= 11 is 0. The lowest BCUT2D eigenvalue weighted by atomic mass is 9.82. The summed E-state index contributed by atoms with van der Waals surface area (Å²) in [5.74, 6) is -0.362. The normalized spacial score (nSPS) is 25.9. The lowest BCUT2D eigenvalue weighted by molar-refractivity contribution is -0.146. The Balaban J connectivity index is 1.61. The molecule has 2 heterocycles. The summed E-state index contributed by atoms with van der Waals surface area (Å²) in [6.45, 7) is 4.89. The van der Waals surface area contributed by atoms with Crippen LogP contribution in [0.3, 0.4) is 0 Å². The Morgan fingerprint density at radius 3 is 2.36 bits per heavy atom. The second-order valence-electron chi connectivity index (χ2n) is 3.89. The second kappa shape index (κ2) is 4.62. The molecule has 0 aromatic carbocycles. The maximum atomic E-state index is 5.50. The Labute approximate surface area is 85.0 Å². The number of hydrogen-bond acceptors (Lipinski definition) is 4. The molecule has 2 rings (SSSR count). The van der Waals surface area contributed by atoms with E-state index in [2.05, 4.69) is 0 Å². The van der Waals surface area contributed by atoms with Gasteiger partial charge in [0.2, 0.25) is 0 Å². The van der Waals surface area contributed by atoms with Gasteiger partial charge in [-0.1, -0.05) is 0 Å². The molecule has 2 saturated heterocycles. The van der Waals surface area contributed by atoms with E-state index < -0.39 is 0 Å². The van der Waals surface area contributed by atoms with Crippen LogP contribution in [0.4, 0.5) is 0 Å². The number of rotatable bonds is 4. The monoisotopic (exact) mass is 200 g/mol. The molecule has 0 bridgehead atoms. The molecule has 0 radical (unpaired) electrons. The molecule has 0 N–H and O–H groups in total. The minimum Gasteiger partial charge on any atom is -0.409 e. The van der Waals surface area contributed by atoms with Crippen molar-refractivity contribution in [2.45, 2.75) is 31.9 Å². The van der Waals surface area contributed by atoms with Crippen LogP contribution in [0.5, 0.6) is 0 Å². The first-order valence-corrected chi connectivity index (χ1v) is 5.30. The fourth-order valence-electron chi connectivity index (χ4n) is 1.86. The summed E-state index contributed by atoms with van der Waals surface area (Å²) < 4.78 is 21.7. The molecule has 2 fully saturated rings. The first kappa shape index (κ1) is 10.4. The van der Waals surface area contributed by atoms with Crippen molar-refractivity contribution >= 4 is 7.12 Å². The predicted molar refractivity (Wildman–Crippen MR) is 52.0 cm³/mol. The van der Waals surface area contributed by atoms with Crippen molar-refractivity contribution in [2.24, 2.45) is 0 Å². The topological polar surface area (TPSA) is 36.9 Å². The molecule has 0 amide bonds. The largest absolute Gasteiger partial charge is 0.457 e. The van der Waals surface area contributed by atoms with Gasteiger partial charge in [0, 0.05) is 6.42 Å². The number of ether oxygens (including phenoxy) is 2. The zero-order valence-electron chi connectivity index (χ0n) is 8.66. The van der Waals surface area contributed by atoms with E-state index in [-0.39, 0.29) is 12.9 Å². The summed E-state index contributed by atoms with van der Waals surface area (Å²) in [7, 11) is 0.00000283. The smallest absolute Gasteiger partial charge is 0.409 e. The molecule has 0 unspecified atom stereocenters. The van der Waals surface area contributed by atoms with Crippen LogP contribution >= 0.6 is 0 Å². The zero-order chi connectivity index (χ0) is 9.86. The molecule has 80 valence electrons. The van der Waals surface area contributed by atoms with E-state index in [1.807, 2.05) is 6.92 Å². The maximum Gasteiger partial charge on any atom is 0.457 e. The van der Waals surface area contributed by atoms with E-state index in [1.54, 1.807) is 0 Å². The molecule has 0 spiro atoms. The second-order valence-corrected chi connectivity index (χ2v) is 3.89. The lowest BCUT2D eigenvalue weighted by Gasteiger charge is -2.21. The summed E-state index contributed by atoms with van der Waals surface area (Å²) in [4.78, 5) is 0. The van der Waals surface area contributed by atoms with Gasteiger partial charge in [-0.05, 0) is 19.7 Å². The van der Waals surface area contributed by atoms with Crippen molar-refractivity contribution in [1.29, 1.82) is 0 Å². The van der Waals surface area contributed by atoms with Crippen LogP contribution < -0.4 is 0 Å². The van der Waals surface area contributed by atoms with Crippen LogP contribution in [0.2, 0.25) is 6.32 Å². The Morgan fingerprint density at radius 1 is 1.07 bits per heavy atom. The van der Waals surface area contributed by atoms with Crippen molar-refractivity contribution in [3.05, 3.63) is 0 Å². The molecule has 2 aliphatic rings. The molecule has 0 aliphatic carbocycles. The van der Waals surface area contributed by atoms with Crippen LogP contribution in [-0.4, -0.2) is 39.3 Å². The van der Waals surface area contributed by atoms with Gasteiger partial charge in [-0.15, -0.1) is 0 Å². The Kier molecular flexibility index (Phi) is 3.44. The minimum absolute atomic E-state index is 0.00000283. The van der Waals surface area contributed by atoms with Gasteiger partial charge in [-0.25, -0.2) is 0 Å². The van der Waals surface area contributed by atoms with Gasteiger partial charge in [0.1, 0.15) is 0 Å². The zero-order valence-corrected chi connectivity index (χ0v) is 8.66. The van der Waals surface area contributed by atoms with E-state index in [4.69, 9.17) is 18.8 Å². The first-order valence-electron chi connectivity index (χ1n) is 5.30. The summed E-state index contributed by atoms with van der Waals surface area (Å²) in [6, 6.07) is 0. The Morgan fingerprint density at radius 2 is 1.71 bits per heavy atom. The van der Waals surface area contributed by atoms with Gasteiger partial charge in [-0.2, -0.15) is 0 Å². The van der Waals surface area contributed by atoms with Crippen molar-refractivity contribution in [1.82, 2.24) is 0 Å². The molecule has 2 aliphatic heterocycles. The van der Waals surface area contributed by atoms with E-state index in [0.717, 1.165) is 32.4 Å². The molecular weight excluding hydrogens is 183 g/mol. The molecule has 5 heteroatoms. The van der Waals surface area contributed by atoms with Crippen LogP contribution in [0.1, 0.15) is 19.8 Å². The minimum atomic E-state index is -0.362. The highest BCUT2D eigenvalue weighted by atomic mass is 16.7. The molecule has 0 aromatic rings. The van der Waals surface area contributed by atoms with Crippen molar-refractivity contribution in [2.75, 3.05) is 26.4 Å². The first-order chi connectivity index (χ1) is 6.79. The summed E-state index contributed by atoms with van der Waals surface area (Å²) in [6.07, 6.45) is 2.86. The number of hydrogen-bond donors (Lipinski definition) is 0. The van der Waals surface area contributed by atoms with Gasteiger partial charge in [0.25, 0.3) is 0 Å². The van der Waals surface area contributed by atoms with Crippen molar-refractivity contribution in [3.63, 3.8) is 0 Å².